The molecule has 1 N–H and O–H groups in total. The van der Waals surface area contributed by atoms with Gasteiger partial charge in [-0.2, -0.15) is 8.78 Å². The number of rotatable bonds is 5. The molecule has 0 unspecified atom stereocenters. The van der Waals surface area contributed by atoms with Crippen LogP contribution in [0.2, 0.25) is 0 Å². The zero-order valence-corrected chi connectivity index (χ0v) is 13.1. The monoisotopic (exact) mass is 357 g/mol. The Labute approximate surface area is 129 Å². The lowest BCUT2D eigenvalue weighted by molar-refractivity contribution is -0.0498. The minimum absolute atomic E-state index is 0.107. The fraction of sp³-hybridized carbons (Fsp3) is 0.286. The summed E-state index contributed by atoms with van der Waals surface area (Å²) in [6, 6.07) is 6.24. The van der Waals surface area contributed by atoms with Crippen molar-refractivity contribution in [1.82, 2.24) is 9.97 Å². The summed E-state index contributed by atoms with van der Waals surface area (Å²) in [7, 11) is 1.77. The van der Waals surface area contributed by atoms with Crippen molar-refractivity contribution in [3.05, 3.63) is 34.4 Å². The van der Waals surface area contributed by atoms with E-state index in [-0.39, 0.29) is 5.75 Å². The highest BCUT2D eigenvalue weighted by Crippen LogP contribution is 2.28. The minimum atomic E-state index is -2.83. The number of alkyl halides is 2. The molecule has 2 rings (SSSR count). The quantitative estimate of drug-likeness (QED) is 0.874. The maximum absolute atomic E-state index is 12.1. The molecule has 2 aromatic rings. The molecule has 0 bridgehead atoms. The first kappa shape index (κ1) is 15.6. The first-order valence-corrected chi connectivity index (χ1v) is 7.13. The predicted molar refractivity (Wildman–Crippen MR) is 80.7 cm³/mol. The molecule has 0 saturated carbocycles. The summed E-state index contributed by atoms with van der Waals surface area (Å²) >= 11 is 3.46. The highest BCUT2D eigenvalue weighted by atomic mass is 79.9. The first-order chi connectivity index (χ1) is 10.0. The first-order valence-electron chi connectivity index (χ1n) is 6.34. The number of anilines is 1. The number of nitrogens with zero attached hydrogens (tertiary/aromatic N) is 2. The molecule has 0 radical (unpaired) electrons. The normalized spacial score (nSPS) is 10.8. The van der Waals surface area contributed by atoms with Crippen LogP contribution < -0.4 is 10.1 Å². The molecule has 0 aliphatic heterocycles. The highest BCUT2D eigenvalue weighted by molar-refractivity contribution is 9.10. The second-order valence-electron chi connectivity index (χ2n) is 4.16. The summed E-state index contributed by atoms with van der Waals surface area (Å²) in [5.74, 6) is 1.32. The summed E-state index contributed by atoms with van der Waals surface area (Å²) in [5.41, 5.74) is 1.60. The maximum atomic E-state index is 12.1. The number of hydrogen-bond acceptors (Lipinski definition) is 4. The van der Waals surface area contributed by atoms with Gasteiger partial charge in [-0.1, -0.05) is 6.92 Å². The SMILES string of the molecule is CCc1nc(-c2ccc(OC(F)F)cc2)nc(NC)c1Br. The van der Waals surface area contributed by atoms with Crippen LogP contribution in [0.5, 0.6) is 5.75 Å². The van der Waals surface area contributed by atoms with Crippen molar-refractivity contribution in [1.29, 1.82) is 0 Å². The zero-order chi connectivity index (χ0) is 15.4. The Kier molecular flexibility index (Phi) is 5.06. The predicted octanol–water partition coefficient (Wildman–Crippen LogP) is 4.11. The molecule has 0 aliphatic carbocycles. The average Bonchev–Trinajstić information content (AvgIpc) is 2.48. The van der Waals surface area contributed by atoms with Gasteiger partial charge in [0.15, 0.2) is 5.82 Å². The second-order valence-corrected chi connectivity index (χ2v) is 4.96. The fourth-order valence-corrected chi connectivity index (χ4v) is 2.46. The molecule has 0 spiro atoms. The summed E-state index contributed by atoms with van der Waals surface area (Å²) in [4.78, 5) is 8.88. The molecule has 112 valence electrons. The van der Waals surface area contributed by atoms with E-state index in [2.05, 4.69) is 36.0 Å². The van der Waals surface area contributed by atoms with E-state index < -0.39 is 6.61 Å². The fourth-order valence-electron chi connectivity index (χ4n) is 1.81. The van der Waals surface area contributed by atoms with Crippen molar-refractivity contribution in [2.24, 2.45) is 0 Å². The van der Waals surface area contributed by atoms with Crippen molar-refractivity contribution >= 4 is 21.7 Å². The maximum Gasteiger partial charge on any atom is 0.387 e. The number of benzene rings is 1. The van der Waals surface area contributed by atoms with Crippen LogP contribution in [0, 0.1) is 0 Å². The van der Waals surface area contributed by atoms with Gasteiger partial charge in [-0.3, -0.25) is 0 Å². The van der Waals surface area contributed by atoms with Crippen molar-refractivity contribution in [2.45, 2.75) is 20.0 Å². The van der Waals surface area contributed by atoms with Gasteiger partial charge in [0.05, 0.1) is 10.2 Å². The van der Waals surface area contributed by atoms with E-state index in [1.165, 1.54) is 12.1 Å². The lowest BCUT2D eigenvalue weighted by atomic mass is 10.2. The molecular weight excluding hydrogens is 344 g/mol. The van der Waals surface area contributed by atoms with E-state index >= 15 is 0 Å². The summed E-state index contributed by atoms with van der Waals surface area (Å²) in [6.45, 7) is -0.835. The topological polar surface area (TPSA) is 47.0 Å². The third-order valence-electron chi connectivity index (χ3n) is 2.83. The lowest BCUT2D eigenvalue weighted by Gasteiger charge is -2.10. The molecule has 4 nitrogen and oxygen atoms in total. The largest absolute Gasteiger partial charge is 0.435 e. The van der Waals surface area contributed by atoms with Crippen LogP contribution in [-0.4, -0.2) is 23.6 Å². The van der Waals surface area contributed by atoms with Crippen LogP contribution in [0.3, 0.4) is 0 Å². The van der Waals surface area contributed by atoms with Crippen molar-refractivity contribution in [3.8, 4) is 17.1 Å². The number of ether oxygens (including phenoxy) is 1. The molecule has 0 fully saturated rings. The molecule has 1 aromatic carbocycles. The van der Waals surface area contributed by atoms with Crippen molar-refractivity contribution in [2.75, 3.05) is 12.4 Å². The van der Waals surface area contributed by atoms with Gasteiger partial charge in [-0.15, -0.1) is 0 Å². The molecule has 1 aromatic heterocycles. The third kappa shape index (κ3) is 3.66. The van der Waals surface area contributed by atoms with E-state index in [1.807, 2.05) is 6.92 Å². The Balaban J connectivity index is 2.37. The summed E-state index contributed by atoms with van der Waals surface area (Å²) in [5, 5.41) is 3.00. The zero-order valence-electron chi connectivity index (χ0n) is 11.5. The molecule has 0 aliphatic rings. The van der Waals surface area contributed by atoms with E-state index in [1.54, 1.807) is 19.2 Å². The van der Waals surface area contributed by atoms with Crippen LogP contribution in [0.4, 0.5) is 14.6 Å². The molecular formula is C14H14BrF2N3O. The standard InChI is InChI=1S/C14H14BrF2N3O/c1-3-10-11(15)13(18-2)20-12(19-10)8-4-6-9(7-5-8)21-14(16)17/h4-7,14H,3H2,1-2H3,(H,18,19,20). The summed E-state index contributed by atoms with van der Waals surface area (Å²) in [6.07, 6.45) is 0.747. The number of aryl methyl sites for hydroxylation is 1. The lowest BCUT2D eigenvalue weighted by Crippen LogP contribution is -2.03. The van der Waals surface area contributed by atoms with Crippen LogP contribution in [-0.2, 0) is 6.42 Å². The van der Waals surface area contributed by atoms with Gasteiger partial charge in [0.2, 0.25) is 0 Å². The molecule has 0 atom stereocenters. The van der Waals surface area contributed by atoms with Gasteiger partial charge in [0.25, 0.3) is 0 Å². The number of hydrogen-bond donors (Lipinski definition) is 1. The minimum Gasteiger partial charge on any atom is -0.435 e. The van der Waals surface area contributed by atoms with E-state index in [4.69, 9.17) is 0 Å². The molecule has 7 heteroatoms. The highest BCUT2D eigenvalue weighted by Gasteiger charge is 2.12. The molecule has 1 heterocycles. The second kappa shape index (κ2) is 6.80. The van der Waals surface area contributed by atoms with Crippen LogP contribution >= 0.6 is 15.9 Å². The number of nitrogens with one attached hydrogen (secondary N) is 1. The van der Waals surface area contributed by atoms with E-state index in [0.717, 1.165) is 22.2 Å². The van der Waals surface area contributed by atoms with Gasteiger partial charge in [-0.05, 0) is 46.6 Å². The number of aromatic nitrogens is 2. The van der Waals surface area contributed by atoms with E-state index in [0.29, 0.717) is 11.6 Å². The van der Waals surface area contributed by atoms with Crippen molar-refractivity contribution < 1.29 is 13.5 Å². The van der Waals surface area contributed by atoms with Gasteiger partial charge in [0.1, 0.15) is 11.6 Å². The molecule has 0 saturated heterocycles. The Hall–Kier alpha value is -1.76. The van der Waals surface area contributed by atoms with Crippen LogP contribution in [0.15, 0.2) is 28.7 Å². The Bertz CT molecular complexity index is 595. The van der Waals surface area contributed by atoms with E-state index in [9.17, 15) is 8.78 Å². The molecule has 0 amide bonds. The Morgan fingerprint density at radius 2 is 1.90 bits per heavy atom. The van der Waals surface area contributed by atoms with Crippen LogP contribution in [0.1, 0.15) is 12.6 Å². The van der Waals surface area contributed by atoms with Gasteiger partial charge in [-0.25, -0.2) is 9.97 Å². The Morgan fingerprint density at radius 1 is 1.24 bits per heavy atom. The van der Waals surface area contributed by atoms with Crippen LogP contribution in [0.25, 0.3) is 11.4 Å². The number of halogens is 3. The van der Waals surface area contributed by atoms with Gasteiger partial charge >= 0.3 is 6.61 Å². The van der Waals surface area contributed by atoms with Gasteiger partial charge in [0, 0.05) is 12.6 Å². The Morgan fingerprint density at radius 3 is 2.43 bits per heavy atom. The summed E-state index contributed by atoms with van der Waals surface area (Å²) < 4.78 is 29.4. The van der Waals surface area contributed by atoms with Crippen molar-refractivity contribution in [3.63, 3.8) is 0 Å². The third-order valence-corrected chi connectivity index (χ3v) is 3.66. The average molecular weight is 358 g/mol. The van der Waals surface area contributed by atoms with Gasteiger partial charge < -0.3 is 10.1 Å². The smallest absolute Gasteiger partial charge is 0.387 e. The molecule has 21 heavy (non-hydrogen) atoms.